The number of hydrogen-bond acceptors (Lipinski definition) is 5. The van der Waals surface area contributed by atoms with E-state index < -0.39 is 17.4 Å². The highest BCUT2D eigenvalue weighted by Crippen LogP contribution is 2.36. The number of aliphatic carboxylic acids is 2. The SMILES string of the molecule is C(OCC1CO1)C1CO1.O=C(O)C1(C(=O)O)CCCCC1. The largest absolute Gasteiger partial charge is 0.480 e. The minimum Gasteiger partial charge on any atom is -0.480 e. The lowest BCUT2D eigenvalue weighted by Gasteiger charge is -2.28. The van der Waals surface area contributed by atoms with E-state index in [1.807, 2.05) is 0 Å². The summed E-state index contributed by atoms with van der Waals surface area (Å²) in [6.07, 6.45) is 3.70. The van der Waals surface area contributed by atoms with Crippen molar-refractivity contribution in [2.24, 2.45) is 5.41 Å². The first-order valence-corrected chi connectivity index (χ1v) is 7.32. The minimum absolute atomic E-state index is 0.275. The van der Waals surface area contributed by atoms with E-state index in [1.54, 1.807) is 0 Å². The summed E-state index contributed by atoms with van der Waals surface area (Å²) in [7, 11) is 0. The smallest absolute Gasteiger partial charge is 0.321 e. The third kappa shape index (κ3) is 4.94. The first-order chi connectivity index (χ1) is 10.0. The number of carboxylic acid groups (broad SMARTS) is 2. The van der Waals surface area contributed by atoms with Crippen LogP contribution < -0.4 is 0 Å². The summed E-state index contributed by atoms with van der Waals surface area (Å²) in [6.45, 7) is 3.26. The van der Waals surface area contributed by atoms with Crippen molar-refractivity contribution in [2.75, 3.05) is 26.4 Å². The van der Waals surface area contributed by atoms with Crippen LogP contribution in [0.1, 0.15) is 32.1 Å². The average molecular weight is 302 g/mol. The molecule has 0 aromatic rings. The van der Waals surface area contributed by atoms with Gasteiger partial charge in [-0.15, -0.1) is 0 Å². The maximum atomic E-state index is 10.7. The third-order valence-corrected chi connectivity index (χ3v) is 3.94. The molecule has 0 spiro atoms. The van der Waals surface area contributed by atoms with Crippen molar-refractivity contribution >= 4 is 11.9 Å². The zero-order chi connectivity index (χ0) is 15.3. The molecule has 2 N–H and O–H groups in total. The molecule has 1 saturated carbocycles. The number of carbonyl (C=O) groups is 2. The molecule has 1 aliphatic carbocycles. The highest BCUT2D eigenvalue weighted by atomic mass is 16.6. The Morgan fingerprint density at radius 1 is 0.952 bits per heavy atom. The standard InChI is InChI=1S/C8H12O4.C6H10O3/c9-6(10)8(7(11)12)4-2-1-3-5-8;1(5-3-8-5)7-2-6-4-9-6/h1-5H2,(H,9,10)(H,11,12);5-6H,1-4H2. The lowest BCUT2D eigenvalue weighted by atomic mass is 9.74. The molecule has 0 amide bonds. The normalized spacial score (nSPS) is 29.0. The number of hydrogen-bond donors (Lipinski definition) is 2. The van der Waals surface area contributed by atoms with Gasteiger partial charge in [0.2, 0.25) is 0 Å². The highest BCUT2D eigenvalue weighted by molar-refractivity contribution is 5.98. The Kier molecular flexibility index (Phi) is 5.55. The van der Waals surface area contributed by atoms with E-state index in [0.29, 0.717) is 25.0 Å². The molecule has 0 aromatic heterocycles. The van der Waals surface area contributed by atoms with Crippen molar-refractivity contribution in [1.29, 1.82) is 0 Å². The summed E-state index contributed by atoms with van der Waals surface area (Å²) < 4.78 is 15.1. The van der Waals surface area contributed by atoms with Crippen molar-refractivity contribution in [3.63, 3.8) is 0 Å². The Balaban J connectivity index is 0.000000159. The fraction of sp³-hybridized carbons (Fsp3) is 0.857. The molecule has 21 heavy (non-hydrogen) atoms. The summed E-state index contributed by atoms with van der Waals surface area (Å²) in [6, 6.07) is 0. The molecule has 7 heteroatoms. The molecule has 120 valence electrons. The van der Waals surface area contributed by atoms with Gasteiger partial charge in [-0.1, -0.05) is 19.3 Å². The molecule has 3 aliphatic rings. The fourth-order valence-corrected chi connectivity index (χ4v) is 2.33. The first-order valence-electron chi connectivity index (χ1n) is 7.32. The van der Waals surface area contributed by atoms with Gasteiger partial charge >= 0.3 is 11.9 Å². The average Bonchev–Trinajstić information content (AvgIpc) is 3.35. The molecule has 2 unspecified atom stereocenters. The Bertz CT molecular complexity index is 340. The van der Waals surface area contributed by atoms with Crippen LogP contribution in [0.5, 0.6) is 0 Å². The second-order valence-corrected chi connectivity index (χ2v) is 5.70. The third-order valence-electron chi connectivity index (χ3n) is 3.94. The van der Waals surface area contributed by atoms with Crippen LogP contribution in [-0.2, 0) is 23.8 Å². The number of ether oxygens (including phenoxy) is 3. The summed E-state index contributed by atoms with van der Waals surface area (Å²) >= 11 is 0. The summed E-state index contributed by atoms with van der Waals surface area (Å²) in [4.78, 5) is 21.5. The number of carboxylic acids is 2. The minimum atomic E-state index is -1.49. The van der Waals surface area contributed by atoms with Crippen LogP contribution in [0, 0.1) is 5.41 Å². The molecule has 0 bridgehead atoms. The van der Waals surface area contributed by atoms with E-state index in [1.165, 1.54) is 0 Å². The molecule has 2 atom stereocenters. The van der Waals surface area contributed by atoms with Crippen LogP contribution in [0.2, 0.25) is 0 Å². The van der Waals surface area contributed by atoms with Crippen molar-refractivity contribution in [3.8, 4) is 0 Å². The molecule has 0 aromatic carbocycles. The Morgan fingerprint density at radius 3 is 1.67 bits per heavy atom. The summed E-state index contributed by atoms with van der Waals surface area (Å²) in [5, 5.41) is 17.6. The highest BCUT2D eigenvalue weighted by Gasteiger charge is 2.46. The van der Waals surface area contributed by atoms with Gasteiger partial charge in [0, 0.05) is 0 Å². The zero-order valence-corrected chi connectivity index (χ0v) is 12.0. The van der Waals surface area contributed by atoms with Gasteiger partial charge in [-0.25, -0.2) is 0 Å². The second-order valence-electron chi connectivity index (χ2n) is 5.70. The van der Waals surface area contributed by atoms with Gasteiger partial charge in [0.1, 0.15) is 12.2 Å². The lowest BCUT2D eigenvalue weighted by Crippen LogP contribution is -2.40. The van der Waals surface area contributed by atoms with Crippen LogP contribution in [0.3, 0.4) is 0 Å². The van der Waals surface area contributed by atoms with E-state index in [2.05, 4.69) is 0 Å². The monoisotopic (exact) mass is 302 g/mol. The Hall–Kier alpha value is -1.18. The van der Waals surface area contributed by atoms with Crippen LogP contribution in [-0.4, -0.2) is 60.8 Å². The maximum Gasteiger partial charge on any atom is 0.321 e. The lowest BCUT2D eigenvalue weighted by molar-refractivity contribution is -0.167. The van der Waals surface area contributed by atoms with Crippen molar-refractivity contribution < 1.29 is 34.0 Å². The van der Waals surface area contributed by atoms with Gasteiger partial charge in [-0.2, -0.15) is 0 Å². The fourth-order valence-electron chi connectivity index (χ4n) is 2.33. The molecule has 7 nitrogen and oxygen atoms in total. The topological polar surface area (TPSA) is 109 Å². The van der Waals surface area contributed by atoms with Crippen LogP contribution in [0.4, 0.5) is 0 Å². The second kappa shape index (κ2) is 7.20. The molecule has 2 saturated heterocycles. The van der Waals surface area contributed by atoms with Gasteiger partial charge in [-0.05, 0) is 12.8 Å². The summed E-state index contributed by atoms with van der Waals surface area (Å²) in [5.74, 6) is -2.37. The van der Waals surface area contributed by atoms with Crippen molar-refractivity contribution in [2.45, 2.75) is 44.3 Å². The first kappa shape index (κ1) is 16.2. The zero-order valence-electron chi connectivity index (χ0n) is 12.0. The molecular formula is C14H22O7. The van der Waals surface area contributed by atoms with E-state index in [9.17, 15) is 9.59 Å². The van der Waals surface area contributed by atoms with Crippen molar-refractivity contribution in [1.82, 2.24) is 0 Å². The van der Waals surface area contributed by atoms with Crippen LogP contribution >= 0.6 is 0 Å². The van der Waals surface area contributed by atoms with E-state index >= 15 is 0 Å². The van der Waals surface area contributed by atoms with Crippen LogP contribution in [0.25, 0.3) is 0 Å². The molecule has 0 radical (unpaired) electrons. The molecule has 3 fully saturated rings. The maximum absolute atomic E-state index is 10.7. The van der Waals surface area contributed by atoms with Crippen molar-refractivity contribution in [3.05, 3.63) is 0 Å². The van der Waals surface area contributed by atoms with Gasteiger partial charge in [-0.3, -0.25) is 9.59 Å². The molecular weight excluding hydrogens is 280 g/mol. The quantitative estimate of drug-likeness (QED) is 0.554. The van der Waals surface area contributed by atoms with Gasteiger partial charge in [0.25, 0.3) is 0 Å². The Morgan fingerprint density at radius 2 is 1.38 bits per heavy atom. The van der Waals surface area contributed by atoms with Gasteiger partial charge in [0.15, 0.2) is 5.41 Å². The molecule has 2 aliphatic heterocycles. The predicted octanol–water partition coefficient (Wildman–Crippen LogP) is 0.907. The van der Waals surface area contributed by atoms with E-state index in [0.717, 1.165) is 32.8 Å². The molecule has 3 rings (SSSR count). The van der Waals surface area contributed by atoms with Crippen LogP contribution in [0.15, 0.2) is 0 Å². The van der Waals surface area contributed by atoms with E-state index in [4.69, 9.17) is 24.4 Å². The molecule has 2 heterocycles. The number of rotatable bonds is 6. The van der Waals surface area contributed by atoms with Gasteiger partial charge in [0.05, 0.1) is 26.4 Å². The van der Waals surface area contributed by atoms with E-state index in [-0.39, 0.29) is 12.8 Å². The Labute approximate surface area is 123 Å². The van der Waals surface area contributed by atoms with Gasteiger partial charge < -0.3 is 24.4 Å². The summed E-state index contributed by atoms with van der Waals surface area (Å²) in [5.41, 5.74) is -1.49. The number of epoxide rings is 2. The predicted molar refractivity (Wildman–Crippen MR) is 71.1 cm³/mol.